The van der Waals surface area contributed by atoms with Gasteiger partial charge in [0.25, 0.3) is 0 Å². The quantitative estimate of drug-likeness (QED) is 0.508. The number of likely N-dealkylation sites (tertiary alicyclic amines) is 1. The molecule has 2 heterocycles. The monoisotopic (exact) mass is 460 g/mol. The first kappa shape index (κ1) is 24.6. The smallest absolute Gasteiger partial charge is 0.242 e. The number of sulfonamides is 1. The summed E-state index contributed by atoms with van der Waals surface area (Å²) in [4.78, 5) is 11.9. The van der Waals surface area contributed by atoms with Gasteiger partial charge in [-0.3, -0.25) is 0 Å². The van der Waals surface area contributed by atoms with Crippen LogP contribution in [0.5, 0.6) is 5.75 Å². The fourth-order valence-electron chi connectivity index (χ4n) is 3.94. The molecule has 1 aliphatic rings. The Hall–Kier alpha value is -2.03. The maximum atomic E-state index is 13.3. The van der Waals surface area contributed by atoms with Crippen LogP contribution in [0.2, 0.25) is 0 Å². The minimum atomic E-state index is -3.63. The van der Waals surface area contributed by atoms with Gasteiger partial charge in [0.05, 0.1) is 17.1 Å². The zero-order valence-corrected chi connectivity index (χ0v) is 20.6. The lowest BCUT2D eigenvalue weighted by atomic mass is 10.1. The van der Waals surface area contributed by atoms with Crippen molar-refractivity contribution in [3.8, 4) is 17.1 Å². The SMILES string of the molecule is CCCOc1ccc(S(=O)(=O)N(C)CCN2CCCC2)cc1-c1ncc(CC)c(CC)n1. The van der Waals surface area contributed by atoms with Gasteiger partial charge in [0.2, 0.25) is 10.0 Å². The average molecular weight is 461 g/mol. The first-order chi connectivity index (χ1) is 15.4. The zero-order valence-electron chi connectivity index (χ0n) is 19.8. The molecule has 1 aromatic heterocycles. The lowest BCUT2D eigenvalue weighted by Gasteiger charge is -2.22. The number of benzene rings is 1. The Labute approximate surface area is 192 Å². The molecule has 2 aromatic rings. The first-order valence-corrected chi connectivity index (χ1v) is 13.1. The van der Waals surface area contributed by atoms with Crippen LogP contribution in [-0.4, -0.2) is 67.4 Å². The average Bonchev–Trinajstić information content (AvgIpc) is 3.34. The third kappa shape index (κ3) is 5.66. The van der Waals surface area contributed by atoms with Crippen LogP contribution in [0.25, 0.3) is 11.4 Å². The van der Waals surface area contributed by atoms with E-state index < -0.39 is 10.0 Å². The molecule has 3 rings (SSSR count). The summed E-state index contributed by atoms with van der Waals surface area (Å²) in [6.07, 6.45) is 6.73. The second-order valence-electron chi connectivity index (χ2n) is 8.25. The molecule has 0 unspecified atom stereocenters. The van der Waals surface area contributed by atoms with E-state index in [0.29, 0.717) is 30.3 Å². The largest absolute Gasteiger partial charge is 0.493 e. The van der Waals surface area contributed by atoms with E-state index in [0.717, 1.165) is 50.2 Å². The summed E-state index contributed by atoms with van der Waals surface area (Å²) in [7, 11) is -1.98. The number of nitrogens with zero attached hydrogens (tertiary/aromatic N) is 4. The maximum Gasteiger partial charge on any atom is 0.242 e. The number of likely N-dealkylation sites (N-methyl/N-ethyl adjacent to an activating group) is 1. The van der Waals surface area contributed by atoms with Crippen LogP contribution < -0.4 is 4.74 Å². The van der Waals surface area contributed by atoms with Gasteiger partial charge in [-0.05, 0) is 69.0 Å². The predicted octanol–water partition coefficient (Wildman–Crippen LogP) is 3.77. The highest BCUT2D eigenvalue weighted by atomic mass is 32.2. The van der Waals surface area contributed by atoms with Gasteiger partial charge in [0.1, 0.15) is 5.75 Å². The van der Waals surface area contributed by atoms with Gasteiger partial charge in [0.15, 0.2) is 5.82 Å². The zero-order chi connectivity index (χ0) is 23.1. The number of rotatable bonds is 11. The van der Waals surface area contributed by atoms with Gasteiger partial charge in [-0.25, -0.2) is 18.4 Å². The molecule has 0 aliphatic carbocycles. The van der Waals surface area contributed by atoms with Crippen molar-refractivity contribution < 1.29 is 13.2 Å². The molecule has 0 amide bonds. The summed E-state index contributed by atoms with van der Waals surface area (Å²) in [6.45, 7) is 10.0. The molecule has 0 N–H and O–H groups in total. The van der Waals surface area contributed by atoms with E-state index in [1.807, 2.05) is 13.1 Å². The molecule has 0 bridgehead atoms. The Morgan fingerprint density at radius 3 is 2.53 bits per heavy atom. The van der Waals surface area contributed by atoms with E-state index in [2.05, 4.69) is 23.7 Å². The molecule has 1 saturated heterocycles. The summed E-state index contributed by atoms with van der Waals surface area (Å²) in [5.41, 5.74) is 2.71. The van der Waals surface area contributed by atoms with Crippen LogP contribution in [0.15, 0.2) is 29.3 Å². The van der Waals surface area contributed by atoms with E-state index in [4.69, 9.17) is 9.72 Å². The van der Waals surface area contributed by atoms with Crippen molar-refractivity contribution in [3.63, 3.8) is 0 Å². The summed E-state index contributed by atoms with van der Waals surface area (Å²) in [5, 5.41) is 0. The molecule has 32 heavy (non-hydrogen) atoms. The van der Waals surface area contributed by atoms with Gasteiger partial charge < -0.3 is 9.64 Å². The van der Waals surface area contributed by atoms with E-state index in [1.54, 1.807) is 25.2 Å². The Kier molecular flexibility index (Phi) is 8.62. The van der Waals surface area contributed by atoms with Crippen molar-refractivity contribution in [2.45, 2.75) is 57.8 Å². The van der Waals surface area contributed by atoms with Crippen LogP contribution in [-0.2, 0) is 22.9 Å². The Morgan fingerprint density at radius 2 is 1.88 bits per heavy atom. The molecule has 0 radical (unpaired) electrons. The molecular weight excluding hydrogens is 424 g/mol. The molecule has 0 spiro atoms. The minimum Gasteiger partial charge on any atom is -0.493 e. The van der Waals surface area contributed by atoms with E-state index in [1.165, 1.54) is 17.1 Å². The first-order valence-electron chi connectivity index (χ1n) is 11.7. The van der Waals surface area contributed by atoms with Crippen LogP contribution >= 0.6 is 0 Å². The van der Waals surface area contributed by atoms with Crippen molar-refractivity contribution in [3.05, 3.63) is 35.7 Å². The van der Waals surface area contributed by atoms with Crippen LogP contribution in [0.3, 0.4) is 0 Å². The number of hydrogen-bond donors (Lipinski definition) is 0. The standard InChI is InChI=1S/C24H36N4O3S/c1-5-16-31-23-11-10-20(32(29,30)27(4)14-15-28-12-8-9-13-28)17-21(23)24-25-18-19(6-2)22(7-3)26-24/h10-11,17-18H,5-9,12-16H2,1-4H3. The highest BCUT2D eigenvalue weighted by molar-refractivity contribution is 7.89. The molecule has 0 saturated carbocycles. The van der Waals surface area contributed by atoms with Crippen LogP contribution in [0.4, 0.5) is 0 Å². The number of ether oxygens (including phenoxy) is 1. The van der Waals surface area contributed by atoms with Gasteiger partial charge in [-0.1, -0.05) is 20.8 Å². The fraction of sp³-hybridized carbons (Fsp3) is 0.583. The fourth-order valence-corrected chi connectivity index (χ4v) is 5.13. The summed E-state index contributed by atoms with van der Waals surface area (Å²) >= 11 is 0. The Balaban J connectivity index is 1.94. The molecule has 8 heteroatoms. The van der Waals surface area contributed by atoms with Gasteiger partial charge >= 0.3 is 0 Å². The van der Waals surface area contributed by atoms with Crippen LogP contribution in [0.1, 0.15) is 51.3 Å². The molecule has 1 aromatic carbocycles. The topological polar surface area (TPSA) is 75.6 Å². The number of aryl methyl sites for hydroxylation is 2. The molecule has 1 aliphatic heterocycles. The van der Waals surface area contributed by atoms with Gasteiger partial charge in [0, 0.05) is 32.0 Å². The van der Waals surface area contributed by atoms with Crippen molar-refractivity contribution in [1.82, 2.24) is 19.2 Å². The normalized spacial score (nSPS) is 14.9. The predicted molar refractivity (Wildman–Crippen MR) is 127 cm³/mol. The highest BCUT2D eigenvalue weighted by Gasteiger charge is 2.24. The van der Waals surface area contributed by atoms with Gasteiger partial charge in [-0.2, -0.15) is 4.31 Å². The Bertz CT molecular complexity index is 1000. The van der Waals surface area contributed by atoms with Crippen molar-refractivity contribution >= 4 is 10.0 Å². The second kappa shape index (κ2) is 11.2. The van der Waals surface area contributed by atoms with Crippen LogP contribution in [0, 0.1) is 0 Å². The summed E-state index contributed by atoms with van der Waals surface area (Å²) < 4.78 is 33.9. The molecular formula is C24H36N4O3S. The highest BCUT2D eigenvalue weighted by Crippen LogP contribution is 2.32. The molecule has 0 atom stereocenters. The maximum absolute atomic E-state index is 13.3. The van der Waals surface area contributed by atoms with E-state index in [9.17, 15) is 8.42 Å². The van der Waals surface area contributed by atoms with Crippen molar-refractivity contribution in [2.24, 2.45) is 0 Å². The molecule has 1 fully saturated rings. The summed E-state index contributed by atoms with van der Waals surface area (Å²) in [6, 6.07) is 5.01. The third-order valence-corrected chi connectivity index (χ3v) is 7.81. The second-order valence-corrected chi connectivity index (χ2v) is 10.3. The van der Waals surface area contributed by atoms with E-state index in [-0.39, 0.29) is 4.90 Å². The van der Waals surface area contributed by atoms with E-state index >= 15 is 0 Å². The molecule has 7 nitrogen and oxygen atoms in total. The van der Waals surface area contributed by atoms with Gasteiger partial charge in [-0.15, -0.1) is 0 Å². The summed E-state index contributed by atoms with van der Waals surface area (Å²) in [5.74, 6) is 1.11. The van der Waals surface area contributed by atoms with Crippen molar-refractivity contribution in [1.29, 1.82) is 0 Å². The lowest BCUT2D eigenvalue weighted by Crippen LogP contribution is -2.35. The number of aromatic nitrogens is 2. The number of hydrogen-bond acceptors (Lipinski definition) is 6. The Morgan fingerprint density at radius 1 is 1.12 bits per heavy atom. The lowest BCUT2D eigenvalue weighted by molar-refractivity contribution is 0.310. The molecule has 176 valence electrons. The third-order valence-electron chi connectivity index (χ3n) is 5.96. The minimum absolute atomic E-state index is 0.237. The van der Waals surface area contributed by atoms with Crippen molar-refractivity contribution in [2.75, 3.05) is 39.8 Å².